The maximum atomic E-state index is 11.2. The lowest BCUT2D eigenvalue weighted by molar-refractivity contribution is -0.116. The Hall–Kier alpha value is -3.22. The van der Waals surface area contributed by atoms with E-state index >= 15 is 0 Å². The second-order valence-corrected chi connectivity index (χ2v) is 4.63. The molecule has 3 aromatic rings. The SMILES string of the molecule is NC(=O)C/C(=N\Oc1ccc2nn[nH]c2c1)c1ccccc1. The highest BCUT2D eigenvalue weighted by atomic mass is 16.6. The van der Waals surface area contributed by atoms with Gasteiger partial charge in [-0.25, -0.2) is 0 Å². The second-order valence-electron chi connectivity index (χ2n) is 4.63. The number of nitrogens with zero attached hydrogens (tertiary/aromatic N) is 3. The number of benzene rings is 2. The first-order valence-electron chi connectivity index (χ1n) is 6.61. The lowest BCUT2D eigenvalue weighted by Crippen LogP contribution is -2.17. The minimum atomic E-state index is -0.473. The van der Waals surface area contributed by atoms with Gasteiger partial charge in [-0.15, -0.1) is 5.10 Å². The number of nitrogens with one attached hydrogen (secondary N) is 1. The van der Waals surface area contributed by atoms with E-state index < -0.39 is 5.91 Å². The molecule has 1 heterocycles. The zero-order valence-corrected chi connectivity index (χ0v) is 11.6. The molecule has 22 heavy (non-hydrogen) atoms. The number of H-pyrrole nitrogens is 1. The Morgan fingerprint density at radius 3 is 2.82 bits per heavy atom. The maximum Gasteiger partial charge on any atom is 0.223 e. The number of amides is 1. The molecule has 1 amide bonds. The molecule has 0 aliphatic heterocycles. The molecular weight excluding hydrogens is 282 g/mol. The first-order valence-corrected chi connectivity index (χ1v) is 6.61. The minimum absolute atomic E-state index is 0.00211. The third kappa shape index (κ3) is 3.09. The number of hydrogen-bond donors (Lipinski definition) is 2. The molecular formula is C15H13N5O2. The summed E-state index contributed by atoms with van der Waals surface area (Å²) in [6.07, 6.45) is -0.00211. The van der Waals surface area contributed by atoms with Crippen LogP contribution in [-0.4, -0.2) is 27.0 Å². The largest absolute Gasteiger partial charge is 0.369 e. The molecule has 7 heteroatoms. The number of primary amides is 1. The van der Waals surface area contributed by atoms with Crippen molar-refractivity contribution in [3.05, 3.63) is 54.1 Å². The molecule has 7 nitrogen and oxygen atoms in total. The van der Waals surface area contributed by atoms with Gasteiger partial charge in [0.15, 0.2) is 5.75 Å². The Balaban J connectivity index is 1.86. The van der Waals surface area contributed by atoms with E-state index in [0.29, 0.717) is 11.5 Å². The average molecular weight is 295 g/mol. The Morgan fingerprint density at radius 2 is 2.05 bits per heavy atom. The van der Waals surface area contributed by atoms with Crippen LogP contribution in [0.15, 0.2) is 53.7 Å². The molecule has 0 fully saturated rings. The van der Waals surface area contributed by atoms with Crippen LogP contribution >= 0.6 is 0 Å². The fourth-order valence-electron chi connectivity index (χ4n) is 1.97. The van der Waals surface area contributed by atoms with E-state index in [1.165, 1.54) is 0 Å². The molecule has 3 N–H and O–H groups in total. The number of carbonyl (C=O) groups excluding carboxylic acids is 1. The van der Waals surface area contributed by atoms with E-state index in [2.05, 4.69) is 20.6 Å². The molecule has 0 atom stereocenters. The van der Waals surface area contributed by atoms with Crippen LogP contribution in [0.25, 0.3) is 11.0 Å². The number of aromatic amines is 1. The van der Waals surface area contributed by atoms with Gasteiger partial charge in [0.1, 0.15) is 5.52 Å². The Bertz CT molecular complexity index is 826. The summed E-state index contributed by atoms with van der Waals surface area (Å²) in [6.45, 7) is 0. The van der Waals surface area contributed by atoms with Gasteiger partial charge in [-0.2, -0.15) is 0 Å². The van der Waals surface area contributed by atoms with E-state index in [0.717, 1.165) is 16.6 Å². The molecule has 0 bridgehead atoms. The molecule has 0 aliphatic carbocycles. The highest BCUT2D eigenvalue weighted by Gasteiger charge is 2.08. The van der Waals surface area contributed by atoms with Crippen molar-refractivity contribution >= 4 is 22.7 Å². The van der Waals surface area contributed by atoms with Crippen LogP contribution in [0.3, 0.4) is 0 Å². The number of aromatic nitrogens is 3. The van der Waals surface area contributed by atoms with Gasteiger partial charge in [0, 0.05) is 6.07 Å². The van der Waals surface area contributed by atoms with Crippen molar-refractivity contribution < 1.29 is 9.63 Å². The van der Waals surface area contributed by atoms with Gasteiger partial charge in [-0.1, -0.05) is 40.7 Å². The summed E-state index contributed by atoms with van der Waals surface area (Å²) in [5, 5.41) is 14.4. The van der Waals surface area contributed by atoms with Crippen molar-refractivity contribution in [1.29, 1.82) is 0 Å². The second kappa shape index (κ2) is 6.04. The van der Waals surface area contributed by atoms with Crippen molar-refractivity contribution in [2.45, 2.75) is 6.42 Å². The molecule has 3 rings (SSSR count). The van der Waals surface area contributed by atoms with E-state index in [4.69, 9.17) is 10.6 Å². The Kier molecular flexibility index (Phi) is 3.78. The van der Waals surface area contributed by atoms with Crippen molar-refractivity contribution in [2.24, 2.45) is 10.9 Å². The Labute approximate surface area is 125 Å². The fraction of sp³-hybridized carbons (Fsp3) is 0.0667. The van der Waals surface area contributed by atoms with Crippen LogP contribution < -0.4 is 10.6 Å². The zero-order valence-electron chi connectivity index (χ0n) is 11.6. The summed E-state index contributed by atoms with van der Waals surface area (Å²) in [5.41, 5.74) is 7.99. The Morgan fingerprint density at radius 1 is 1.23 bits per heavy atom. The van der Waals surface area contributed by atoms with Gasteiger partial charge >= 0.3 is 0 Å². The first kappa shape index (κ1) is 13.7. The van der Waals surface area contributed by atoms with Gasteiger partial charge < -0.3 is 10.6 Å². The molecule has 0 saturated heterocycles. The molecule has 0 aliphatic rings. The van der Waals surface area contributed by atoms with Gasteiger partial charge in [-0.05, 0) is 17.7 Å². The summed E-state index contributed by atoms with van der Waals surface area (Å²) in [6, 6.07) is 14.5. The van der Waals surface area contributed by atoms with E-state index in [9.17, 15) is 4.79 Å². The highest BCUT2D eigenvalue weighted by Crippen LogP contribution is 2.17. The molecule has 0 spiro atoms. The summed E-state index contributed by atoms with van der Waals surface area (Å²) in [5.74, 6) is 0.0378. The molecule has 0 saturated carbocycles. The van der Waals surface area contributed by atoms with E-state index in [1.54, 1.807) is 18.2 Å². The highest BCUT2D eigenvalue weighted by molar-refractivity contribution is 6.09. The smallest absolute Gasteiger partial charge is 0.223 e. The average Bonchev–Trinajstić information content (AvgIpc) is 2.99. The van der Waals surface area contributed by atoms with Crippen molar-refractivity contribution in [3.63, 3.8) is 0 Å². The van der Waals surface area contributed by atoms with Crippen LogP contribution in [0.1, 0.15) is 12.0 Å². The van der Waals surface area contributed by atoms with Gasteiger partial charge in [0.05, 0.1) is 17.6 Å². The number of hydrogen-bond acceptors (Lipinski definition) is 5. The normalized spacial score (nSPS) is 11.5. The summed E-state index contributed by atoms with van der Waals surface area (Å²) < 4.78 is 0. The molecule has 1 aromatic heterocycles. The van der Waals surface area contributed by atoms with Crippen molar-refractivity contribution in [2.75, 3.05) is 0 Å². The minimum Gasteiger partial charge on any atom is -0.369 e. The predicted molar refractivity (Wildman–Crippen MR) is 81.3 cm³/mol. The third-order valence-corrected chi connectivity index (χ3v) is 3.01. The zero-order chi connectivity index (χ0) is 15.4. The predicted octanol–water partition coefficient (Wildman–Crippen LogP) is 1.62. The third-order valence-electron chi connectivity index (χ3n) is 3.01. The van der Waals surface area contributed by atoms with E-state index in [1.807, 2.05) is 30.3 Å². The quantitative estimate of drug-likeness (QED) is 0.551. The molecule has 2 aromatic carbocycles. The number of oxime groups is 1. The van der Waals surface area contributed by atoms with Crippen LogP contribution in [-0.2, 0) is 4.79 Å². The monoisotopic (exact) mass is 295 g/mol. The van der Waals surface area contributed by atoms with E-state index in [-0.39, 0.29) is 6.42 Å². The van der Waals surface area contributed by atoms with Crippen LogP contribution in [0.5, 0.6) is 5.75 Å². The summed E-state index contributed by atoms with van der Waals surface area (Å²) in [7, 11) is 0. The fourth-order valence-corrected chi connectivity index (χ4v) is 1.97. The van der Waals surface area contributed by atoms with Crippen molar-refractivity contribution in [3.8, 4) is 5.75 Å². The lowest BCUT2D eigenvalue weighted by atomic mass is 10.1. The van der Waals surface area contributed by atoms with Crippen LogP contribution in [0.2, 0.25) is 0 Å². The van der Waals surface area contributed by atoms with Crippen LogP contribution in [0, 0.1) is 0 Å². The first-order chi connectivity index (χ1) is 10.7. The summed E-state index contributed by atoms with van der Waals surface area (Å²) in [4.78, 5) is 16.6. The number of carbonyl (C=O) groups is 1. The lowest BCUT2D eigenvalue weighted by Gasteiger charge is -2.05. The van der Waals surface area contributed by atoms with Crippen LogP contribution in [0.4, 0.5) is 0 Å². The molecule has 110 valence electrons. The van der Waals surface area contributed by atoms with Gasteiger partial charge in [-0.3, -0.25) is 9.89 Å². The van der Waals surface area contributed by atoms with Crippen molar-refractivity contribution in [1.82, 2.24) is 15.4 Å². The molecule has 0 unspecified atom stereocenters. The number of fused-ring (bicyclic) bond motifs is 1. The maximum absolute atomic E-state index is 11.2. The standard InChI is InChI=1S/C15H13N5O2/c16-15(21)9-13(10-4-2-1-3-5-10)19-22-11-6-7-12-14(8-11)18-20-17-12/h1-8H,9H2,(H2,16,21)(H,17,18,20)/b19-13+. The van der Waals surface area contributed by atoms with Gasteiger partial charge in [0.2, 0.25) is 5.91 Å². The topological polar surface area (TPSA) is 106 Å². The number of nitrogens with two attached hydrogens (primary N) is 1. The summed E-state index contributed by atoms with van der Waals surface area (Å²) >= 11 is 0. The van der Waals surface area contributed by atoms with Gasteiger partial charge in [0.25, 0.3) is 0 Å². The molecule has 0 radical (unpaired) electrons. The number of rotatable bonds is 5.